The van der Waals surface area contributed by atoms with Crippen molar-refractivity contribution in [2.75, 3.05) is 0 Å². The third kappa shape index (κ3) is 4.25. The summed E-state index contributed by atoms with van der Waals surface area (Å²) in [5.41, 5.74) is 4.63. The molecule has 0 aliphatic heterocycles. The minimum absolute atomic E-state index is 0.100. The number of carbonyl (C=O) groups is 1. The van der Waals surface area contributed by atoms with Gasteiger partial charge in [0.2, 0.25) is 5.82 Å². The number of amides is 1. The molecule has 0 fully saturated rings. The van der Waals surface area contributed by atoms with Gasteiger partial charge in [-0.1, -0.05) is 36.4 Å². The topological polar surface area (TPSA) is 105 Å². The molecule has 1 amide bonds. The number of rotatable bonds is 5. The van der Waals surface area contributed by atoms with Gasteiger partial charge in [0.15, 0.2) is 0 Å². The number of nitrogens with one attached hydrogen (secondary N) is 1. The lowest BCUT2D eigenvalue weighted by Gasteiger charge is -2.01. The van der Waals surface area contributed by atoms with E-state index in [9.17, 15) is 9.90 Å². The van der Waals surface area contributed by atoms with Crippen LogP contribution < -0.4 is 5.43 Å². The molecule has 126 valence electrons. The van der Waals surface area contributed by atoms with E-state index in [0.717, 1.165) is 11.1 Å². The third-order valence-electron chi connectivity index (χ3n) is 3.35. The van der Waals surface area contributed by atoms with Crippen LogP contribution in [0.3, 0.4) is 0 Å². The molecule has 1 aromatic heterocycles. The van der Waals surface area contributed by atoms with Gasteiger partial charge in [-0.15, -0.1) is 10.2 Å². The molecule has 25 heavy (non-hydrogen) atoms. The Morgan fingerprint density at radius 3 is 2.84 bits per heavy atom. The molecule has 0 bridgehead atoms. The molecule has 0 unspecified atom stereocenters. The van der Waals surface area contributed by atoms with Crippen molar-refractivity contribution in [3.05, 3.63) is 59.7 Å². The maximum atomic E-state index is 11.9. The van der Waals surface area contributed by atoms with Crippen molar-refractivity contribution in [2.24, 2.45) is 5.10 Å². The molecule has 1 heterocycles. The lowest BCUT2D eigenvalue weighted by Crippen LogP contribution is -2.24. The van der Waals surface area contributed by atoms with Gasteiger partial charge in [0, 0.05) is 11.1 Å². The normalized spacial score (nSPS) is 10.9. The van der Waals surface area contributed by atoms with Gasteiger partial charge in [-0.3, -0.25) is 4.79 Å². The Morgan fingerprint density at radius 2 is 2.08 bits per heavy atom. The molecular weight excluding hydrogens is 320 g/mol. The van der Waals surface area contributed by atoms with Crippen molar-refractivity contribution in [1.82, 2.24) is 25.6 Å². The van der Waals surface area contributed by atoms with Crippen LogP contribution in [0.4, 0.5) is 0 Å². The molecule has 0 aliphatic rings. The summed E-state index contributed by atoms with van der Waals surface area (Å²) in [6.07, 6.45) is 1.37. The highest BCUT2D eigenvalue weighted by Gasteiger charge is 2.08. The van der Waals surface area contributed by atoms with Crippen molar-refractivity contribution in [3.8, 4) is 17.1 Å². The van der Waals surface area contributed by atoms with Crippen molar-refractivity contribution in [3.63, 3.8) is 0 Å². The molecule has 0 radical (unpaired) electrons. The summed E-state index contributed by atoms with van der Waals surface area (Å²) in [6, 6.07) is 14.5. The second kappa shape index (κ2) is 7.35. The van der Waals surface area contributed by atoms with Crippen LogP contribution in [0.25, 0.3) is 11.4 Å². The fraction of sp³-hybridized carbons (Fsp3) is 0.118. The highest BCUT2D eigenvalue weighted by atomic mass is 16.3. The lowest BCUT2D eigenvalue weighted by molar-refractivity contribution is -0.122. The van der Waals surface area contributed by atoms with Gasteiger partial charge < -0.3 is 5.11 Å². The van der Waals surface area contributed by atoms with Crippen molar-refractivity contribution >= 4 is 12.1 Å². The van der Waals surface area contributed by atoms with E-state index in [0.29, 0.717) is 11.4 Å². The molecule has 3 aromatic rings. The van der Waals surface area contributed by atoms with Crippen molar-refractivity contribution in [2.45, 2.75) is 13.5 Å². The summed E-state index contributed by atoms with van der Waals surface area (Å²) in [7, 11) is 0. The highest BCUT2D eigenvalue weighted by Crippen LogP contribution is 2.16. The Morgan fingerprint density at radius 1 is 1.28 bits per heavy atom. The van der Waals surface area contributed by atoms with Gasteiger partial charge in [0.25, 0.3) is 5.91 Å². The summed E-state index contributed by atoms with van der Waals surface area (Å²) in [4.78, 5) is 13.1. The number of aryl methyl sites for hydroxylation is 1. The number of phenols is 1. The number of aromatic hydroxyl groups is 1. The second-order valence-corrected chi connectivity index (χ2v) is 5.36. The van der Waals surface area contributed by atoms with E-state index in [4.69, 9.17) is 0 Å². The number of phenolic OH excluding ortho intramolecular Hbond substituents is 1. The van der Waals surface area contributed by atoms with Crippen LogP contribution in [-0.2, 0) is 11.3 Å². The minimum Gasteiger partial charge on any atom is -0.507 e. The predicted molar refractivity (Wildman–Crippen MR) is 91.8 cm³/mol. The molecular formula is C17H16N6O2. The molecule has 0 saturated heterocycles. The van der Waals surface area contributed by atoms with E-state index < -0.39 is 5.91 Å². The molecule has 2 aromatic carbocycles. The van der Waals surface area contributed by atoms with Crippen LogP contribution >= 0.6 is 0 Å². The number of carbonyl (C=O) groups excluding carboxylic acids is 1. The van der Waals surface area contributed by atoms with E-state index >= 15 is 0 Å². The highest BCUT2D eigenvalue weighted by molar-refractivity contribution is 5.85. The van der Waals surface area contributed by atoms with E-state index in [1.165, 1.54) is 11.0 Å². The van der Waals surface area contributed by atoms with Crippen LogP contribution in [-0.4, -0.2) is 37.4 Å². The quantitative estimate of drug-likeness (QED) is 0.543. The van der Waals surface area contributed by atoms with Crippen LogP contribution in [0.1, 0.15) is 11.1 Å². The Balaban J connectivity index is 1.58. The summed E-state index contributed by atoms with van der Waals surface area (Å²) in [5, 5.41) is 25.5. The van der Waals surface area contributed by atoms with Crippen molar-refractivity contribution < 1.29 is 9.90 Å². The molecule has 0 saturated carbocycles. The number of hydrazone groups is 1. The molecule has 0 aliphatic carbocycles. The first-order valence-electron chi connectivity index (χ1n) is 7.56. The Bertz CT molecular complexity index is 905. The zero-order valence-electron chi connectivity index (χ0n) is 13.5. The number of aromatic nitrogens is 4. The average Bonchev–Trinajstić information content (AvgIpc) is 3.06. The van der Waals surface area contributed by atoms with Crippen LogP contribution in [0.5, 0.6) is 5.75 Å². The standard InChI is InChI=1S/C17H16N6O2/c1-12-7-8-14(15(24)9-12)10-18-19-16(25)11-23-21-17(20-22-23)13-5-3-2-4-6-13/h2-10,24H,11H2,1H3,(H,19,25)/b18-10+. The first-order chi connectivity index (χ1) is 12.1. The fourth-order valence-corrected chi connectivity index (χ4v) is 2.11. The lowest BCUT2D eigenvalue weighted by atomic mass is 10.1. The maximum Gasteiger partial charge on any atom is 0.263 e. The van der Waals surface area contributed by atoms with Crippen molar-refractivity contribution in [1.29, 1.82) is 0 Å². The summed E-state index contributed by atoms with van der Waals surface area (Å²) in [6.45, 7) is 1.76. The van der Waals surface area contributed by atoms with Crippen LogP contribution in [0, 0.1) is 6.92 Å². The average molecular weight is 336 g/mol. The zero-order chi connectivity index (χ0) is 17.6. The van der Waals surface area contributed by atoms with Crippen LogP contribution in [0.2, 0.25) is 0 Å². The smallest absolute Gasteiger partial charge is 0.263 e. The number of benzene rings is 2. The third-order valence-corrected chi connectivity index (χ3v) is 3.35. The Kier molecular flexibility index (Phi) is 4.79. The van der Waals surface area contributed by atoms with Gasteiger partial charge in [-0.2, -0.15) is 9.90 Å². The number of tetrazole rings is 1. The van der Waals surface area contributed by atoms with Crippen LogP contribution in [0.15, 0.2) is 53.6 Å². The molecule has 8 nitrogen and oxygen atoms in total. The Hall–Kier alpha value is -3.55. The van der Waals surface area contributed by atoms with E-state index in [1.54, 1.807) is 12.1 Å². The summed E-state index contributed by atoms with van der Waals surface area (Å²) >= 11 is 0. The van der Waals surface area contributed by atoms with E-state index in [2.05, 4.69) is 25.9 Å². The molecule has 3 rings (SSSR count). The summed E-state index contributed by atoms with van der Waals surface area (Å²) < 4.78 is 0. The SMILES string of the molecule is Cc1ccc(/C=N/NC(=O)Cn2nnc(-c3ccccc3)n2)c(O)c1. The second-order valence-electron chi connectivity index (χ2n) is 5.36. The van der Waals surface area contributed by atoms with E-state index in [-0.39, 0.29) is 12.3 Å². The number of hydrogen-bond donors (Lipinski definition) is 2. The monoisotopic (exact) mass is 336 g/mol. The molecule has 0 spiro atoms. The summed E-state index contributed by atoms with van der Waals surface area (Å²) in [5.74, 6) is 0.143. The van der Waals surface area contributed by atoms with Gasteiger partial charge in [-0.05, 0) is 29.8 Å². The largest absolute Gasteiger partial charge is 0.507 e. The predicted octanol–water partition coefficient (Wildman–Crippen LogP) is 1.50. The van der Waals surface area contributed by atoms with Gasteiger partial charge >= 0.3 is 0 Å². The molecule has 2 N–H and O–H groups in total. The maximum absolute atomic E-state index is 11.9. The van der Waals surface area contributed by atoms with E-state index in [1.807, 2.05) is 43.3 Å². The van der Waals surface area contributed by atoms with Gasteiger partial charge in [-0.25, -0.2) is 5.43 Å². The zero-order valence-corrected chi connectivity index (χ0v) is 13.5. The number of nitrogens with zero attached hydrogens (tertiary/aromatic N) is 5. The fourth-order valence-electron chi connectivity index (χ4n) is 2.11. The first kappa shape index (κ1) is 16.3. The molecule has 0 atom stereocenters. The van der Waals surface area contributed by atoms with Gasteiger partial charge in [0.1, 0.15) is 12.3 Å². The molecule has 8 heteroatoms. The minimum atomic E-state index is -0.403. The number of hydrogen-bond acceptors (Lipinski definition) is 6. The Labute approximate surface area is 143 Å². The first-order valence-corrected chi connectivity index (χ1v) is 7.56. The van der Waals surface area contributed by atoms with Gasteiger partial charge in [0.05, 0.1) is 6.21 Å².